The molecule has 3 aromatic carbocycles. The maximum atomic E-state index is 15.2. The van der Waals surface area contributed by atoms with E-state index in [-0.39, 0.29) is 24.0 Å². The zero-order chi connectivity index (χ0) is 32.7. The average molecular weight is 639 g/mol. The maximum Gasteiger partial charge on any atom is 0.246 e. The van der Waals surface area contributed by atoms with E-state index < -0.39 is 52.4 Å². The number of methoxy groups -OCH3 is 1. The van der Waals surface area contributed by atoms with Crippen molar-refractivity contribution in [3.8, 4) is 11.5 Å². The number of imide groups is 2. The van der Waals surface area contributed by atoms with E-state index in [4.69, 9.17) is 16.3 Å². The monoisotopic (exact) mass is 638 g/mol. The molecule has 0 radical (unpaired) electrons. The van der Waals surface area contributed by atoms with Crippen LogP contribution in [0.25, 0.3) is 0 Å². The van der Waals surface area contributed by atoms with Crippen molar-refractivity contribution < 1.29 is 29.0 Å². The standard InChI is InChI=1S/C37H35ClN2O6/c1-36(2,3)40-32(42)26-16-15-24-27(30(26)34(40)44)19-28-33(43)39(22-12-8-11-21(38)17-22)35(45)37(28,20-9-6-5-7-10-20)31(24)25-14-13-23(46-4)18-29(25)41/h5-15,17-18,26-28,30-31,41H,16,19H2,1-4H3. The van der Waals surface area contributed by atoms with Crippen molar-refractivity contribution in [3.05, 3.63) is 101 Å². The third kappa shape index (κ3) is 4.12. The van der Waals surface area contributed by atoms with Gasteiger partial charge in [-0.15, -0.1) is 0 Å². The molecule has 1 saturated carbocycles. The molecule has 7 rings (SSSR count). The van der Waals surface area contributed by atoms with E-state index in [1.807, 2.05) is 57.2 Å². The van der Waals surface area contributed by atoms with Crippen molar-refractivity contribution in [2.24, 2.45) is 23.7 Å². The molecule has 8 nitrogen and oxygen atoms in total. The molecule has 2 aliphatic heterocycles. The van der Waals surface area contributed by atoms with Gasteiger partial charge in [-0.25, -0.2) is 4.90 Å². The Bertz CT molecular complexity index is 1830. The number of carbonyl (C=O) groups excluding carboxylic acids is 4. The number of ether oxygens (including phenoxy) is 1. The van der Waals surface area contributed by atoms with Crippen molar-refractivity contribution in [2.75, 3.05) is 12.0 Å². The van der Waals surface area contributed by atoms with Gasteiger partial charge < -0.3 is 9.84 Å². The fourth-order valence-electron chi connectivity index (χ4n) is 8.64. The van der Waals surface area contributed by atoms with Gasteiger partial charge in [0, 0.05) is 28.1 Å². The van der Waals surface area contributed by atoms with Crippen LogP contribution < -0.4 is 9.64 Å². The summed E-state index contributed by atoms with van der Waals surface area (Å²) >= 11 is 6.36. The lowest BCUT2D eigenvalue weighted by Gasteiger charge is -2.50. The molecule has 0 aromatic heterocycles. The van der Waals surface area contributed by atoms with E-state index in [2.05, 4.69) is 0 Å². The van der Waals surface area contributed by atoms with E-state index in [0.717, 1.165) is 5.57 Å². The van der Waals surface area contributed by atoms with E-state index in [0.29, 0.717) is 34.0 Å². The van der Waals surface area contributed by atoms with Crippen LogP contribution in [0.2, 0.25) is 5.02 Å². The second kappa shape index (κ2) is 10.6. The lowest BCUT2D eigenvalue weighted by molar-refractivity contribution is -0.145. The molecule has 1 N–H and O–H groups in total. The molecule has 3 aromatic rings. The third-order valence-corrected chi connectivity index (χ3v) is 10.6. The van der Waals surface area contributed by atoms with Crippen LogP contribution >= 0.6 is 11.6 Å². The van der Waals surface area contributed by atoms with Crippen molar-refractivity contribution in [3.63, 3.8) is 0 Å². The smallest absolute Gasteiger partial charge is 0.246 e. The number of hydrogen-bond acceptors (Lipinski definition) is 6. The average Bonchev–Trinajstić information content (AvgIpc) is 3.42. The van der Waals surface area contributed by atoms with Crippen LogP contribution in [0.4, 0.5) is 5.69 Å². The molecule has 236 valence electrons. The summed E-state index contributed by atoms with van der Waals surface area (Å²) < 4.78 is 5.39. The Labute approximate surface area is 272 Å². The summed E-state index contributed by atoms with van der Waals surface area (Å²) in [5.41, 5.74) is 0.0394. The minimum absolute atomic E-state index is 0.0892. The number of anilines is 1. The van der Waals surface area contributed by atoms with Crippen LogP contribution in [0.5, 0.6) is 11.5 Å². The van der Waals surface area contributed by atoms with Gasteiger partial charge in [-0.3, -0.25) is 24.1 Å². The van der Waals surface area contributed by atoms with Crippen LogP contribution in [-0.4, -0.2) is 46.3 Å². The van der Waals surface area contributed by atoms with Gasteiger partial charge in [0.2, 0.25) is 23.6 Å². The summed E-state index contributed by atoms with van der Waals surface area (Å²) in [4.78, 5) is 60.4. The van der Waals surface area contributed by atoms with Crippen LogP contribution in [-0.2, 0) is 24.6 Å². The van der Waals surface area contributed by atoms with Crippen LogP contribution in [0.3, 0.4) is 0 Å². The van der Waals surface area contributed by atoms with Crippen molar-refractivity contribution in [2.45, 2.75) is 50.5 Å². The molecule has 4 amide bonds. The van der Waals surface area contributed by atoms with Crippen molar-refractivity contribution in [1.82, 2.24) is 4.90 Å². The summed E-state index contributed by atoms with van der Waals surface area (Å²) in [6.07, 6.45) is 2.49. The van der Waals surface area contributed by atoms with Crippen molar-refractivity contribution >= 4 is 40.9 Å². The Hall–Kier alpha value is -4.43. The van der Waals surface area contributed by atoms with Gasteiger partial charge >= 0.3 is 0 Å². The zero-order valence-corrected chi connectivity index (χ0v) is 26.8. The SMILES string of the molecule is COc1ccc(C2C3=CCC4C(=O)N(C(C)(C)C)C(=O)C4C3CC3C(=O)N(c4cccc(Cl)c4)C(=O)C32c2ccccc2)c(O)c1. The number of benzene rings is 3. The molecule has 2 aliphatic carbocycles. The predicted octanol–water partition coefficient (Wildman–Crippen LogP) is 6.02. The molecular weight excluding hydrogens is 604 g/mol. The summed E-state index contributed by atoms with van der Waals surface area (Å²) in [6.45, 7) is 5.53. The predicted molar refractivity (Wildman–Crippen MR) is 172 cm³/mol. The summed E-state index contributed by atoms with van der Waals surface area (Å²) in [5.74, 6) is -4.44. The number of phenolic OH excluding ortho intramolecular Hbond substituents is 1. The number of nitrogens with zero attached hydrogens (tertiary/aromatic N) is 2. The van der Waals surface area contributed by atoms with Gasteiger partial charge in [-0.2, -0.15) is 0 Å². The molecule has 2 heterocycles. The van der Waals surface area contributed by atoms with Gasteiger partial charge in [0.25, 0.3) is 0 Å². The Morgan fingerprint density at radius 1 is 0.891 bits per heavy atom. The topological polar surface area (TPSA) is 104 Å². The number of fused-ring (bicyclic) bond motifs is 4. The first-order valence-corrected chi connectivity index (χ1v) is 15.9. The fourth-order valence-corrected chi connectivity index (χ4v) is 8.83. The molecule has 6 unspecified atom stereocenters. The number of carbonyl (C=O) groups is 4. The Morgan fingerprint density at radius 2 is 1.63 bits per heavy atom. The minimum Gasteiger partial charge on any atom is -0.508 e. The Kier molecular flexibility index (Phi) is 6.94. The van der Waals surface area contributed by atoms with Crippen LogP contribution in [0.15, 0.2) is 84.4 Å². The molecular formula is C37H35ClN2O6. The molecule has 3 fully saturated rings. The maximum absolute atomic E-state index is 15.2. The number of aromatic hydroxyl groups is 1. The highest BCUT2D eigenvalue weighted by atomic mass is 35.5. The second-order valence-electron chi connectivity index (χ2n) is 13.7. The minimum atomic E-state index is -1.46. The van der Waals surface area contributed by atoms with Crippen molar-refractivity contribution in [1.29, 1.82) is 0 Å². The summed E-state index contributed by atoms with van der Waals surface area (Å²) in [6, 6.07) is 20.8. The normalized spacial score (nSPS) is 29.0. The lowest BCUT2D eigenvalue weighted by Crippen LogP contribution is -2.53. The molecule has 0 bridgehead atoms. The van der Waals surface area contributed by atoms with E-state index in [9.17, 15) is 19.5 Å². The molecule has 9 heteroatoms. The van der Waals surface area contributed by atoms with E-state index in [1.165, 1.54) is 23.0 Å². The Morgan fingerprint density at radius 3 is 2.28 bits per heavy atom. The van der Waals surface area contributed by atoms with Gasteiger partial charge in [0.15, 0.2) is 0 Å². The second-order valence-corrected chi connectivity index (χ2v) is 14.1. The number of allylic oxidation sites excluding steroid dienone is 2. The first-order chi connectivity index (χ1) is 21.9. The lowest BCUT2D eigenvalue weighted by atomic mass is 9.49. The van der Waals surface area contributed by atoms with E-state index in [1.54, 1.807) is 36.4 Å². The highest BCUT2D eigenvalue weighted by Gasteiger charge is 2.70. The van der Waals surface area contributed by atoms with Crippen LogP contribution in [0, 0.1) is 23.7 Å². The fraction of sp³-hybridized carbons (Fsp3) is 0.351. The highest BCUT2D eigenvalue weighted by Crippen LogP contribution is 2.65. The number of halogens is 1. The number of amides is 4. The molecule has 46 heavy (non-hydrogen) atoms. The first-order valence-electron chi connectivity index (χ1n) is 15.6. The first kappa shape index (κ1) is 30.2. The Balaban J connectivity index is 1.51. The summed E-state index contributed by atoms with van der Waals surface area (Å²) in [5, 5.41) is 12.0. The van der Waals surface area contributed by atoms with E-state index >= 15 is 4.79 Å². The zero-order valence-electron chi connectivity index (χ0n) is 26.1. The number of phenols is 1. The third-order valence-electron chi connectivity index (χ3n) is 10.4. The van der Waals surface area contributed by atoms with Gasteiger partial charge in [0.05, 0.1) is 36.0 Å². The van der Waals surface area contributed by atoms with Crippen LogP contribution in [0.1, 0.15) is 50.7 Å². The number of rotatable bonds is 4. The highest BCUT2D eigenvalue weighted by molar-refractivity contribution is 6.32. The quantitative estimate of drug-likeness (QED) is 0.277. The largest absolute Gasteiger partial charge is 0.508 e. The van der Waals surface area contributed by atoms with Gasteiger partial charge in [-0.1, -0.05) is 65.7 Å². The molecule has 2 saturated heterocycles. The number of hydrogen-bond donors (Lipinski definition) is 1. The molecule has 0 spiro atoms. The molecule has 6 atom stereocenters. The van der Waals surface area contributed by atoms with Gasteiger partial charge in [0.1, 0.15) is 11.5 Å². The summed E-state index contributed by atoms with van der Waals surface area (Å²) in [7, 11) is 1.50. The van der Waals surface area contributed by atoms with Gasteiger partial charge in [-0.05, 0) is 69.4 Å². The molecule has 4 aliphatic rings. The number of likely N-dealkylation sites (tertiary alicyclic amines) is 1.